The number of hydrogen-bond donors (Lipinski definition) is 1. The number of carbonyl (C=O) groups is 1. The van der Waals surface area contributed by atoms with Crippen molar-refractivity contribution in [1.82, 2.24) is 20.1 Å². The Morgan fingerprint density at radius 2 is 2.35 bits per heavy atom. The first kappa shape index (κ1) is 18.2. The standard InChI is InChI=1S/C17H30N4OS/c1-13-6-5-8-21(11-13)15(3)10-19-17(22)20(4)12-14(2)16-18-7-9-23-16/h7,9,13-15H,5-6,8,10-12H2,1-4H3,(H,19,22)/t13-,14-,15-/m1/s1. The number of likely N-dealkylation sites (tertiary alicyclic amines) is 1. The molecule has 2 rings (SSSR count). The second kappa shape index (κ2) is 8.64. The van der Waals surface area contributed by atoms with Crippen molar-refractivity contribution in [2.24, 2.45) is 5.92 Å². The van der Waals surface area contributed by atoms with Gasteiger partial charge in [-0.25, -0.2) is 9.78 Å². The van der Waals surface area contributed by atoms with E-state index in [0.29, 0.717) is 19.1 Å². The zero-order valence-corrected chi connectivity index (χ0v) is 15.6. The van der Waals surface area contributed by atoms with Crippen molar-refractivity contribution in [1.29, 1.82) is 0 Å². The Labute approximate surface area is 144 Å². The first-order valence-corrected chi connectivity index (χ1v) is 9.47. The van der Waals surface area contributed by atoms with Crippen molar-refractivity contribution in [2.45, 2.75) is 45.6 Å². The average molecular weight is 339 g/mol. The molecule has 1 aliphatic heterocycles. The predicted molar refractivity (Wildman–Crippen MR) is 96.0 cm³/mol. The Bertz CT molecular complexity index is 479. The van der Waals surface area contributed by atoms with Gasteiger partial charge in [0.25, 0.3) is 0 Å². The topological polar surface area (TPSA) is 48.5 Å². The molecule has 0 aliphatic carbocycles. The summed E-state index contributed by atoms with van der Waals surface area (Å²) in [5.74, 6) is 1.04. The van der Waals surface area contributed by atoms with Gasteiger partial charge in [-0.15, -0.1) is 11.3 Å². The largest absolute Gasteiger partial charge is 0.336 e. The molecule has 2 heterocycles. The third-order valence-electron chi connectivity index (χ3n) is 4.63. The zero-order valence-electron chi connectivity index (χ0n) is 14.8. The van der Waals surface area contributed by atoms with Gasteiger partial charge in [0.05, 0.1) is 5.01 Å². The van der Waals surface area contributed by atoms with Crippen LogP contribution < -0.4 is 5.32 Å². The van der Waals surface area contributed by atoms with Gasteiger partial charge in [-0.05, 0) is 32.2 Å². The van der Waals surface area contributed by atoms with Crippen molar-refractivity contribution < 1.29 is 4.79 Å². The molecule has 3 atom stereocenters. The maximum absolute atomic E-state index is 12.3. The summed E-state index contributed by atoms with van der Waals surface area (Å²) < 4.78 is 0. The van der Waals surface area contributed by atoms with Crippen molar-refractivity contribution >= 4 is 17.4 Å². The molecule has 1 saturated heterocycles. The van der Waals surface area contributed by atoms with Crippen LogP contribution in [0.4, 0.5) is 4.79 Å². The minimum atomic E-state index is 0.00492. The van der Waals surface area contributed by atoms with E-state index in [0.717, 1.165) is 24.0 Å². The summed E-state index contributed by atoms with van der Waals surface area (Å²) in [5, 5.41) is 6.14. The fourth-order valence-corrected chi connectivity index (χ4v) is 3.86. The Morgan fingerprint density at radius 3 is 3.00 bits per heavy atom. The number of rotatable bonds is 6. The van der Waals surface area contributed by atoms with E-state index in [9.17, 15) is 4.79 Å². The van der Waals surface area contributed by atoms with Crippen LogP contribution in [0.15, 0.2) is 11.6 Å². The monoisotopic (exact) mass is 338 g/mol. The molecule has 5 nitrogen and oxygen atoms in total. The van der Waals surface area contributed by atoms with Crippen LogP contribution in [-0.4, -0.2) is 60.1 Å². The lowest BCUT2D eigenvalue weighted by molar-refractivity contribution is 0.135. The van der Waals surface area contributed by atoms with E-state index < -0.39 is 0 Å². The second-order valence-electron chi connectivity index (χ2n) is 6.93. The number of thiazole rings is 1. The number of nitrogens with zero attached hydrogens (tertiary/aromatic N) is 3. The van der Waals surface area contributed by atoms with Gasteiger partial charge >= 0.3 is 6.03 Å². The smallest absolute Gasteiger partial charge is 0.317 e. The number of hydrogen-bond acceptors (Lipinski definition) is 4. The lowest BCUT2D eigenvalue weighted by Gasteiger charge is -2.35. The van der Waals surface area contributed by atoms with E-state index in [1.807, 2.05) is 18.6 Å². The van der Waals surface area contributed by atoms with Crippen LogP contribution in [0.5, 0.6) is 0 Å². The highest BCUT2D eigenvalue weighted by Gasteiger charge is 2.22. The van der Waals surface area contributed by atoms with Crippen LogP contribution in [0, 0.1) is 5.92 Å². The minimum Gasteiger partial charge on any atom is -0.336 e. The summed E-state index contributed by atoms with van der Waals surface area (Å²) in [6.45, 7) is 10.3. The fourth-order valence-electron chi connectivity index (χ4n) is 3.17. The van der Waals surface area contributed by atoms with Gasteiger partial charge in [0.2, 0.25) is 0 Å². The molecule has 0 unspecified atom stereocenters. The number of carbonyl (C=O) groups excluding carboxylic acids is 1. The predicted octanol–water partition coefficient (Wildman–Crippen LogP) is 3.01. The molecule has 1 aromatic heterocycles. The number of amides is 2. The molecule has 1 aromatic rings. The fraction of sp³-hybridized carbons (Fsp3) is 0.765. The highest BCUT2D eigenvalue weighted by atomic mass is 32.1. The molecule has 130 valence electrons. The van der Waals surface area contributed by atoms with Crippen molar-refractivity contribution in [3.8, 4) is 0 Å². The molecule has 0 spiro atoms. The second-order valence-corrected chi connectivity index (χ2v) is 7.86. The highest BCUT2D eigenvalue weighted by molar-refractivity contribution is 7.09. The molecule has 2 amide bonds. The number of piperidine rings is 1. The van der Waals surface area contributed by atoms with Gasteiger partial charge in [0, 0.05) is 50.2 Å². The van der Waals surface area contributed by atoms with Crippen LogP contribution in [-0.2, 0) is 0 Å². The summed E-state index contributed by atoms with van der Waals surface area (Å²) in [6, 6.07) is 0.400. The van der Waals surface area contributed by atoms with Crippen molar-refractivity contribution in [3.63, 3.8) is 0 Å². The third kappa shape index (κ3) is 5.46. The van der Waals surface area contributed by atoms with E-state index in [-0.39, 0.29) is 11.9 Å². The maximum Gasteiger partial charge on any atom is 0.317 e. The SMILES string of the molecule is C[C@@H]1CCCN([C@H](C)CNC(=O)N(C)C[C@@H](C)c2nccs2)C1. The molecule has 6 heteroatoms. The molecular formula is C17H30N4OS. The van der Waals surface area contributed by atoms with E-state index in [1.54, 1.807) is 16.2 Å². The number of urea groups is 1. The molecule has 1 N–H and O–H groups in total. The Hall–Kier alpha value is -1.14. The van der Waals surface area contributed by atoms with E-state index >= 15 is 0 Å². The maximum atomic E-state index is 12.3. The number of nitrogens with one attached hydrogen (secondary N) is 1. The summed E-state index contributed by atoms with van der Waals surface area (Å²) >= 11 is 1.65. The molecule has 0 bridgehead atoms. The Balaban J connectivity index is 1.73. The summed E-state index contributed by atoms with van der Waals surface area (Å²) in [4.78, 5) is 20.9. The van der Waals surface area contributed by atoms with Gasteiger partial charge in [-0.3, -0.25) is 4.90 Å². The van der Waals surface area contributed by atoms with E-state index in [4.69, 9.17) is 0 Å². The number of aromatic nitrogens is 1. The van der Waals surface area contributed by atoms with Crippen LogP contribution in [0.1, 0.15) is 44.5 Å². The molecule has 0 radical (unpaired) electrons. The first-order chi connectivity index (χ1) is 11.0. The normalized spacial score (nSPS) is 21.7. The number of likely N-dealkylation sites (N-methyl/N-ethyl adjacent to an activating group) is 1. The average Bonchev–Trinajstić information content (AvgIpc) is 3.06. The van der Waals surface area contributed by atoms with Crippen LogP contribution >= 0.6 is 11.3 Å². The Morgan fingerprint density at radius 1 is 1.57 bits per heavy atom. The lowest BCUT2D eigenvalue weighted by atomic mass is 9.99. The summed E-state index contributed by atoms with van der Waals surface area (Å²) in [5.41, 5.74) is 0. The lowest BCUT2D eigenvalue weighted by Crippen LogP contribution is -2.48. The van der Waals surface area contributed by atoms with E-state index in [1.165, 1.54) is 12.8 Å². The third-order valence-corrected chi connectivity index (χ3v) is 5.63. The molecular weight excluding hydrogens is 308 g/mol. The van der Waals surface area contributed by atoms with Crippen LogP contribution in [0.2, 0.25) is 0 Å². The van der Waals surface area contributed by atoms with Crippen molar-refractivity contribution in [3.05, 3.63) is 16.6 Å². The summed E-state index contributed by atoms with van der Waals surface area (Å²) in [7, 11) is 1.85. The van der Waals surface area contributed by atoms with Gasteiger partial charge in [0.1, 0.15) is 0 Å². The van der Waals surface area contributed by atoms with Gasteiger partial charge in [-0.1, -0.05) is 13.8 Å². The molecule has 1 aliphatic rings. The molecule has 23 heavy (non-hydrogen) atoms. The zero-order chi connectivity index (χ0) is 16.8. The van der Waals surface area contributed by atoms with E-state index in [2.05, 4.69) is 36.0 Å². The first-order valence-electron chi connectivity index (χ1n) is 8.59. The molecule has 0 aromatic carbocycles. The van der Waals surface area contributed by atoms with Crippen LogP contribution in [0.25, 0.3) is 0 Å². The van der Waals surface area contributed by atoms with Gasteiger partial charge in [-0.2, -0.15) is 0 Å². The molecule has 0 saturated carbocycles. The molecule has 1 fully saturated rings. The van der Waals surface area contributed by atoms with Gasteiger partial charge < -0.3 is 10.2 Å². The van der Waals surface area contributed by atoms with Crippen molar-refractivity contribution in [2.75, 3.05) is 33.2 Å². The highest BCUT2D eigenvalue weighted by Crippen LogP contribution is 2.19. The minimum absolute atomic E-state index is 0.00492. The summed E-state index contributed by atoms with van der Waals surface area (Å²) in [6.07, 6.45) is 4.41. The quantitative estimate of drug-likeness (QED) is 0.867. The Kier molecular flexibility index (Phi) is 6.84. The van der Waals surface area contributed by atoms with Gasteiger partial charge in [0.15, 0.2) is 0 Å². The van der Waals surface area contributed by atoms with Crippen LogP contribution in [0.3, 0.4) is 0 Å².